The number of hydrogen-bond acceptors (Lipinski definition) is 2. The zero-order valence-electron chi connectivity index (χ0n) is 12.2. The topological polar surface area (TPSA) is 40.5 Å². The van der Waals surface area contributed by atoms with Gasteiger partial charge in [0.05, 0.1) is 10.6 Å². The van der Waals surface area contributed by atoms with Gasteiger partial charge in [-0.3, -0.25) is 0 Å². The van der Waals surface area contributed by atoms with E-state index in [1.54, 1.807) is 12.1 Å². The van der Waals surface area contributed by atoms with Crippen LogP contribution in [0.4, 0.5) is 5.69 Å². The minimum Gasteiger partial charge on any atom is -0.478 e. The lowest BCUT2D eigenvalue weighted by molar-refractivity contribution is 0.0697. The summed E-state index contributed by atoms with van der Waals surface area (Å²) < 4.78 is 0. The predicted molar refractivity (Wildman–Crippen MR) is 82.9 cm³/mol. The third-order valence-corrected chi connectivity index (χ3v) is 4.49. The van der Waals surface area contributed by atoms with Crippen molar-refractivity contribution in [2.24, 2.45) is 5.41 Å². The van der Waals surface area contributed by atoms with Crippen LogP contribution in [0.5, 0.6) is 0 Å². The first-order valence-electron chi connectivity index (χ1n) is 7.29. The Kier molecular flexibility index (Phi) is 4.59. The molecular weight excluding hydrogens is 274 g/mol. The van der Waals surface area contributed by atoms with Crippen LogP contribution in [0, 0.1) is 5.41 Å². The highest BCUT2D eigenvalue weighted by molar-refractivity contribution is 6.33. The van der Waals surface area contributed by atoms with E-state index in [1.807, 2.05) is 6.07 Å². The third-order valence-electron chi connectivity index (χ3n) is 4.16. The van der Waals surface area contributed by atoms with Crippen LogP contribution < -0.4 is 4.90 Å². The average Bonchev–Trinajstić information content (AvgIpc) is 2.36. The van der Waals surface area contributed by atoms with Crippen molar-refractivity contribution in [1.82, 2.24) is 0 Å². The van der Waals surface area contributed by atoms with Crippen LogP contribution in [-0.4, -0.2) is 24.2 Å². The van der Waals surface area contributed by atoms with E-state index >= 15 is 0 Å². The Morgan fingerprint density at radius 1 is 1.30 bits per heavy atom. The summed E-state index contributed by atoms with van der Waals surface area (Å²) in [7, 11) is 0. The van der Waals surface area contributed by atoms with E-state index in [0.29, 0.717) is 10.4 Å². The fraction of sp³-hybridized carbons (Fsp3) is 0.562. The van der Waals surface area contributed by atoms with Crippen LogP contribution >= 0.6 is 11.6 Å². The van der Waals surface area contributed by atoms with Crippen LogP contribution in [0.2, 0.25) is 5.02 Å². The summed E-state index contributed by atoms with van der Waals surface area (Å²) >= 11 is 5.91. The zero-order chi connectivity index (χ0) is 14.8. The highest BCUT2D eigenvalue weighted by Crippen LogP contribution is 2.42. The fourth-order valence-corrected chi connectivity index (χ4v) is 3.52. The molecule has 20 heavy (non-hydrogen) atoms. The molecule has 0 radical (unpaired) electrons. The van der Waals surface area contributed by atoms with Gasteiger partial charge in [-0.15, -0.1) is 0 Å². The first-order chi connectivity index (χ1) is 9.51. The summed E-state index contributed by atoms with van der Waals surface area (Å²) in [6.45, 7) is 6.50. The van der Waals surface area contributed by atoms with Crippen molar-refractivity contribution >= 4 is 23.3 Å². The van der Waals surface area contributed by atoms with Gasteiger partial charge in [0.25, 0.3) is 0 Å². The van der Waals surface area contributed by atoms with Crippen molar-refractivity contribution in [2.75, 3.05) is 18.0 Å². The number of benzene rings is 1. The van der Waals surface area contributed by atoms with Crippen molar-refractivity contribution in [3.63, 3.8) is 0 Å². The lowest BCUT2D eigenvalue weighted by Gasteiger charge is -2.52. The molecule has 2 rings (SSSR count). The second-order valence-electron chi connectivity index (χ2n) is 5.83. The second-order valence-corrected chi connectivity index (χ2v) is 6.23. The largest absolute Gasteiger partial charge is 0.478 e. The van der Waals surface area contributed by atoms with Crippen LogP contribution in [0.1, 0.15) is 49.9 Å². The van der Waals surface area contributed by atoms with Crippen molar-refractivity contribution in [1.29, 1.82) is 0 Å². The first-order valence-corrected chi connectivity index (χ1v) is 7.67. The van der Waals surface area contributed by atoms with Crippen LogP contribution in [0.25, 0.3) is 0 Å². The molecule has 1 fully saturated rings. The lowest BCUT2D eigenvalue weighted by atomic mass is 9.72. The number of carboxylic acids is 1. The number of carboxylic acid groups (broad SMARTS) is 1. The Labute approximate surface area is 125 Å². The Morgan fingerprint density at radius 2 is 1.90 bits per heavy atom. The van der Waals surface area contributed by atoms with Crippen molar-refractivity contribution in [3.8, 4) is 0 Å². The second kappa shape index (κ2) is 6.04. The molecule has 1 aromatic rings. The summed E-state index contributed by atoms with van der Waals surface area (Å²) in [6.07, 6.45) is 4.90. The van der Waals surface area contributed by atoms with E-state index in [-0.39, 0.29) is 5.56 Å². The number of nitrogens with zero attached hydrogens (tertiary/aromatic N) is 1. The summed E-state index contributed by atoms with van der Waals surface area (Å²) in [5.74, 6) is -0.967. The van der Waals surface area contributed by atoms with Gasteiger partial charge < -0.3 is 10.0 Å². The highest BCUT2D eigenvalue weighted by atomic mass is 35.5. The molecule has 0 bridgehead atoms. The number of hydrogen-bond donors (Lipinski definition) is 1. The molecule has 0 spiro atoms. The number of carbonyl (C=O) groups is 1. The minimum absolute atomic E-state index is 0.188. The number of anilines is 1. The van der Waals surface area contributed by atoms with Gasteiger partial charge >= 0.3 is 5.97 Å². The molecule has 1 heterocycles. The molecule has 110 valence electrons. The Balaban J connectivity index is 2.12. The molecule has 0 atom stereocenters. The van der Waals surface area contributed by atoms with E-state index in [4.69, 9.17) is 16.7 Å². The molecule has 0 saturated carbocycles. The van der Waals surface area contributed by atoms with Gasteiger partial charge in [-0.25, -0.2) is 4.79 Å². The molecule has 0 unspecified atom stereocenters. The average molecular weight is 296 g/mol. The van der Waals surface area contributed by atoms with E-state index in [1.165, 1.54) is 25.7 Å². The van der Waals surface area contributed by atoms with Gasteiger partial charge in [0.2, 0.25) is 0 Å². The zero-order valence-corrected chi connectivity index (χ0v) is 12.9. The maximum atomic E-state index is 11.1. The Bertz CT molecular complexity index is 487. The van der Waals surface area contributed by atoms with Gasteiger partial charge in [-0.1, -0.05) is 38.3 Å². The van der Waals surface area contributed by atoms with E-state index in [2.05, 4.69) is 18.7 Å². The van der Waals surface area contributed by atoms with Crippen LogP contribution in [0.3, 0.4) is 0 Å². The quantitative estimate of drug-likeness (QED) is 0.843. The molecule has 0 aromatic heterocycles. The highest BCUT2D eigenvalue weighted by Gasteiger charge is 2.41. The molecule has 4 heteroatoms. The number of halogens is 1. The van der Waals surface area contributed by atoms with Crippen molar-refractivity contribution in [2.45, 2.75) is 39.5 Å². The fourth-order valence-electron chi connectivity index (χ4n) is 3.32. The molecule has 1 aliphatic heterocycles. The lowest BCUT2D eigenvalue weighted by Crippen LogP contribution is -2.56. The van der Waals surface area contributed by atoms with Gasteiger partial charge in [0.1, 0.15) is 0 Å². The summed E-state index contributed by atoms with van der Waals surface area (Å²) in [6, 6.07) is 5.28. The molecule has 1 aromatic carbocycles. The molecule has 3 nitrogen and oxygen atoms in total. The molecular formula is C16H22ClNO2. The number of rotatable bonds is 6. The van der Waals surface area contributed by atoms with Crippen LogP contribution in [0.15, 0.2) is 18.2 Å². The van der Waals surface area contributed by atoms with Crippen LogP contribution in [-0.2, 0) is 0 Å². The summed E-state index contributed by atoms with van der Waals surface area (Å²) in [4.78, 5) is 13.4. The Hall–Kier alpha value is -1.22. The summed E-state index contributed by atoms with van der Waals surface area (Å²) in [5, 5.41) is 9.43. The molecule has 1 saturated heterocycles. The van der Waals surface area contributed by atoms with Crippen molar-refractivity contribution < 1.29 is 9.90 Å². The van der Waals surface area contributed by atoms with E-state index in [0.717, 1.165) is 18.8 Å². The maximum absolute atomic E-state index is 11.1. The van der Waals surface area contributed by atoms with Gasteiger partial charge in [0, 0.05) is 24.2 Å². The van der Waals surface area contributed by atoms with E-state index in [9.17, 15) is 4.79 Å². The number of aromatic carboxylic acids is 1. The van der Waals surface area contributed by atoms with Gasteiger partial charge in [-0.05, 0) is 31.0 Å². The molecule has 1 N–H and O–H groups in total. The van der Waals surface area contributed by atoms with Gasteiger partial charge in [0.15, 0.2) is 0 Å². The molecule has 0 amide bonds. The molecule has 0 aliphatic carbocycles. The SMILES string of the molecule is CCCC1(CCC)CN(c2ccc(Cl)c(C(=O)O)c2)C1. The smallest absolute Gasteiger partial charge is 0.337 e. The Morgan fingerprint density at radius 3 is 2.40 bits per heavy atom. The van der Waals surface area contributed by atoms with E-state index < -0.39 is 5.97 Å². The first kappa shape index (κ1) is 15.2. The minimum atomic E-state index is -0.967. The summed E-state index contributed by atoms with van der Waals surface area (Å²) in [5.41, 5.74) is 1.58. The third kappa shape index (κ3) is 2.93. The maximum Gasteiger partial charge on any atom is 0.337 e. The monoisotopic (exact) mass is 295 g/mol. The molecule has 1 aliphatic rings. The van der Waals surface area contributed by atoms with Crippen molar-refractivity contribution in [3.05, 3.63) is 28.8 Å². The van der Waals surface area contributed by atoms with Gasteiger partial charge in [-0.2, -0.15) is 0 Å². The standard InChI is InChI=1S/C16H22ClNO2/c1-3-7-16(8-4-2)10-18(11-16)12-5-6-14(17)13(9-12)15(19)20/h5-6,9H,3-4,7-8,10-11H2,1-2H3,(H,19,20). The predicted octanol–water partition coefficient (Wildman–Crippen LogP) is 4.44. The normalized spacial score (nSPS) is 16.9.